The fraction of sp³-hybridized carbons (Fsp3) is 0.200. The second kappa shape index (κ2) is 11.4. The average molecular weight is 513 g/mol. The second-order valence-corrected chi connectivity index (χ2v) is 8.47. The summed E-state index contributed by atoms with van der Waals surface area (Å²) in [6, 6.07) is 14.1. The van der Waals surface area contributed by atoms with E-state index in [2.05, 4.69) is 24.7 Å². The lowest BCUT2D eigenvalue weighted by Gasteiger charge is -2.16. The Hall–Kier alpha value is -3.70. The lowest BCUT2D eigenvalue weighted by molar-refractivity contribution is 0.146. The second-order valence-electron chi connectivity index (χ2n) is 7.77. The molecule has 11 heteroatoms. The van der Waals surface area contributed by atoms with Crippen LogP contribution < -0.4 is 15.2 Å². The molecule has 0 unspecified atom stereocenters. The highest BCUT2D eigenvalue weighted by atomic mass is 32.2. The molecule has 1 aromatic carbocycles. The van der Waals surface area contributed by atoms with Gasteiger partial charge in [0.1, 0.15) is 18.1 Å². The number of nitrogens with one attached hydrogen (secondary N) is 1. The van der Waals surface area contributed by atoms with Crippen molar-refractivity contribution in [3.8, 4) is 28.3 Å². The van der Waals surface area contributed by atoms with Gasteiger partial charge in [0.25, 0.3) is 6.43 Å². The van der Waals surface area contributed by atoms with Crippen LogP contribution in [0, 0.1) is 12.7 Å². The van der Waals surface area contributed by atoms with Gasteiger partial charge in [0, 0.05) is 17.8 Å². The first kappa shape index (κ1) is 25.4. The minimum atomic E-state index is -2.78. The number of hydrogen-bond donors (Lipinski definition) is 2. The summed E-state index contributed by atoms with van der Waals surface area (Å²) in [4.78, 5) is 17.1. The summed E-state index contributed by atoms with van der Waals surface area (Å²) >= 11 is 1.48. The molecule has 7 nitrogen and oxygen atoms in total. The van der Waals surface area contributed by atoms with Gasteiger partial charge in [-0.15, -0.1) is 0 Å². The van der Waals surface area contributed by atoms with Gasteiger partial charge in [-0.2, -0.15) is 4.98 Å². The van der Waals surface area contributed by atoms with Crippen LogP contribution >= 0.6 is 11.9 Å². The van der Waals surface area contributed by atoms with Crippen LogP contribution in [-0.4, -0.2) is 26.2 Å². The molecular weight excluding hydrogens is 489 g/mol. The van der Waals surface area contributed by atoms with Gasteiger partial charge < -0.3 is 10.5 Å². The summed E-state index contributed by atoms with van der Waals surface area (Å²) in [6.07, 6.45) is -0.855. The minimum Gasteiger partial charge on any atom is -0.471 e. The normalized spacial score (nSPS) is 11.2. The fourth-order valence-corrected chi connectivity index (χ4v) is 3.88. The van der Waals surface area contributed by atoms with Crippen LogP contribution in [0.1, 0.15) is 29.2 Å². The van der Waals surface area contributed by atoms with Crippen LogP contribution in [0.4, 0.5) is 19.1 Å². The van der Waals surface area contributed by atoms with E-state index in [9.17, 15) is 13.2 Å². The van der Waals surface area contributed by atoms with E-state index in [0.717, 1.165) is 5.69 Å². The van der Waals surface area contributed by atoms with E-state index in [1.54, 1.807) is 19.1 Å². The molecule has 4 aromatic rings. The number of hydrogen-bond acceptors (Lipinski definition) is 8. The number of pyridine rings is 2. The fourth-order valence-electron chi connectivity index (χ4n) is 3.58. The van der Waals surface area contributed by atoms with Gasteiger partial charge in [0.2, 0.25) is 11.8 Å². The zero-order valence-corrected chi connectivity index (χ0v) is 20.3. The molecule has 0 aliphatic carbocycles. The van der Waals surface area contributed by atoms with Crippen LogP contribution in [0.25, 0.3) is 22.4 Å². The number of ether oxygens (including phenoxy) is 1. The lowest BCUT2D eigenvalue weighted by Crippen LogP contribution is -2.09. The molecule has 0 aliphatic rings. The molecule has 0 amide bonds. The van der Waals surface area contributed by atoms with Gasteiger partial charge in [0.05, 0.1) is 22.6 Å². The van der Waals surface area contributed by atoms with Gasteiger partial charge in [-0.3, -0.25) is 14.7 Å². The van der Waals surface area contributed by atoms with E-state index in [4.69, 9.17) is 10.5 Å². The summed E-state index contributed by atoms with van der Waals surface area (Å²) in [5.41, 5.74) is 8.98. The van der Waals surface area contributed by atoms with Crippen molar-refractivity contribution >= 4 is 17.9 Å². The van der Waals surface area contributed by atoms with E-state index in [0.29, 0.717) is 40.3 Å². The third kappa shape index (κ3) is 6.10. The predicted molar refractivity (Wildman–Crippen MR) is 134 cm³/mol. The van der Waals surface area contributed by atoms with Gasteiger partial charge in [-0.25, -0.2) is 18.2 Å². The Bertz CT molecular complexity index is 1350. The Balaban J connectivity index is 1.81. The number of alkyl halides is 2. The first-order valence-electron chi connectivity index (χ1n) is 10.9. The number of aryl methyl sites for hydroxylation is 1. The molecule has 0 radical (unpaired) electrons. The van der Waals surface area contributed by atoms with Gasteiger partial charge in [-0.05, 0) is 67.3 Å². The molecule has 3 heterocycles. The monoisotopic (exact) mass is 512 g/mol. The van der Waals surface area contributed by atoms with E-state index >= 15 is 0 Å². The number of nitrogens with zero attached hydrogens (tertiary/aromatic N) is 4. The SMILES string of the molecule is CSNCc1cccc(COc2nc(N)nc(-c3ccc(F)cc3)c2-c2cc(C)nc(C(F)F)c2)n1. The number of anilines is 1. The molecule has 3 aromatic heterocycles. The van der Waals surface area contributed by atoms with E-state index < -0.39 is 17.9 Å². The van der Waals surface area contributed by atoms with Crippen LogP contribution in [-0.2, 0) is 13.2 Å². The number of benzene rings is 1. The average Bonchev–Trinajstić information content (AvgIpc) is 2.86. The minimum absolute atomic E-state index is 0.0468. The predicted octanol–water partition coefficient (Wildman–Crippen LogP) is 5.51. The first-order valence-corrected chi connectivity index (χ1v) is 12.1. The molecule has 186 valence electrons. The third-order valence-electron chi connectivity index (χ3n) is 5.12. The largest absolute Gasteiger partial charge is 0.471 e. The van der Waals surface area contributed by atoms with Crippen molar-refractivity contribution in [2.45, 2.75) is 26.5 Å². The number of nitrogen functional groups attached to an aromatic ring is 1. The summed E-state index contributed by atoms with van der Waals surface area (Å²) < 4.78 is 49.9. The van der Waals surface area contributed by atoms with Crippen molar-refractivity contribution in [1.29, 1.82) is 0 Å². The molecule has 0 bridgehead atoms. The third-order valence-corrected chi connectivity index (χ3v) is 5.55. The van der Waals surface area contributed by atoms with E-state index in [1.807, 2.05) is 18.4 Å². The zero-order chi connectivity index (χ0) is 25.7. The van der Waals surface area contributed by atoms with Crippen molar-refractivity contribution < 1.29 is 17.9 Å². The Morgan fingerprint density at radius 2 is 1.72 bits per heavy atom. The maximum Gasteiger partial charge on any atom is 0.280 e. The number of nitrogens with two attached hydrogens (primary N) is 1. The number of halogens is 3. The smallest absolute Gasteiger partial charge is 0.280 e. The molecule has 0 aliphatic heterocycles. The molecule has 0 spiro atoms. The van der Waals surface area contributed by atoms with Crippen molar-refractivity contribution in [2.75, 3.05) is 12.0 Å². The van der Waals surface area contributed by atoms with Crippen LogP contribution in [0.15, 0.2) is 54.6 Å². The quantitative estimate of drug-likeness (QED) is 0.283. The van der Waals surface area contributed by atoms with E-state index in [-0.39, 0.29) is 18.4 Å². The summed E-state index contributed by atoms with van der Waals surface area (Å²) in [6.45, 7) is 2.23. The summed E-state index contributed by atoms with van der Waals surface area (Å²) in [5.74, 6) is -0.429. The van der Waals surface area contributed by atoms with Crippen molar-refractivity contribution in [2.24, 2.45) is 0 Å². The maximum absolute atomic E-state index is 13.6. The maximum atomic E-state index is 13.6. The Morgan fingerprint density at radius 1 is 0.972 bits per heavy atom. The Morgan fingerprint density at radius 3 is 2.44 bits per heavy atom. The molecule has 36 heavy (non-hydrogen) atoms. The van der Waals surface area contributed by atoms with E-state index in [1.165, 1.54) is 42.3 Å². The molecule has 0 saturated carbocycles. The summed E-state index contributed by atoms with van der Waals surface area (Å²) in [7, 11) is 0. The molecular formula is C25H23F3N6OS. The number of rotatable bonds is 9. The molecule has 0 fully saturated rings. The van der Waals surface area contributed by atoms with Crippen LogP contribution in [0.3, 0.4) is 0 Å². The molecule has 4 rings (SSSR count). The van der Waals surface area contributed by atoms with Crippen LogP contribution in [0.2, 0.25) is 0 Å². The van der Waals surface area contributed by atoms with Crippen LogP contribution in [0.5, 0.6) is 5.88 Å². The highest BCUT2D eigenvalue weighted by Gasteiger charge is 2.21. The highest BCUT2D eigenvalue weighted by Crippen LogP contribution is 2.39. The molecule has 0 saturated heterocycles. The first-order chi connectivity index (χ1) is 17.3. The van der Waals surface area contributed by atoms with Gasteiger partial charge in [0.15, 0.2) is 0 Å². The highest BCUT2D eigenvalue weighted by molar-refractivity contribution is 7.96. The van der Waals surface area contributed by atoms with Crippen molar-refractivity contribution in [3.05, 3.63) is 83.2 Å². The topological polar surface area (TPSA) is 98.8 Å². The van der Waals surface area contributed by atoms with Crippen molar-refractivity contribution in [1.82, 2.24) is 24.7 Å². The van der Waals surface area contributed by atoms with Gasteiger partial charge in [-0.1, -0.05) is 18.0 Å². The molecule has 0 atom stereocenters. The Kier molecular flexibility index (Phi) is 8.01. The Labute approximate surface area is 210 Å². The zero-order valence-electron chi connectivity index (χ0n) is 19.5. The molecule has 3 N–H and O–H groups in total. The van der Waals surface area contributed by atoms with Crippen molar-refractivity contribution in [3.63, 3.8) is 0 Å². The standard InChI is InChI=1S/C25H23F3N6OS/c1-14-10-16(11-20(31-14)23(27)28)21-22(15-6-8-17(26)9-7-15)33-25(29)34-24(21)35-13-19-5-3-4-18(32-19)12-30-36-2/h3-11,23,30H,12-13H2,1-2H3,(H2,29,33,34). The van der Waals surface area contributed by atoms with Gasteiger partial charge >= 0.3 is 0 Å². The summed E-state index contributed by atoms with van der Waals surface area (Å²) in [5, 5.41) is 0. The number of aromatic nitrogens is 4. The lowest BCUT2D eigenvalue weighted by atomic mass is 9.99.